The van der Waals surface area contributed by atoms with Crippen LogP contribution in [-0.4, -0.2) is 37.0 Å². The highest BCUT2D eigenvalue weighted by molar-refractivity contribution is 6.09. The quantitative estimate of drug-likeness (QED) is 0.320. The first kappa shape index (κ1) is 22.7. The second-order valence-corrected chi connectivity index (χ2v) is 6.07. The van der Waals surface area contributed by atoms with Crippen LogP contribution in [-0.2, 0) is 30.4 Å². The van der Waals surface area contributed by atoms with Crippen LogP contribution >= 0.6 is 0 Å². The number of ketones is 1. The number of carbonyl (C=O) groups is 3. The van der Waals surface area contributed by atoms with Crippen LogP contribution in [0, 0.1) is 5.82 Å². The van der Waals surface area contributed by atoms with Gasteiger partial charge < -0.3 is 14.2 Å². The van der Waals surface area contributed by atoms with Gasteiger partial charge in [-0.3, -0.25) is 4.79 Å². The molecule has 2 aromatic rings. The Kier molecular flexibility index (Phi) is 8.65. The maximum atomic E-state index is 14.4. The van der Waals surface area contributed by atoms with Crippen molar-refractivity contribution in [3.8, 4) is 0 Å². The number of halogens is 1. The Morgan fingerprint density at radius 3 is 2.30 bits per heavy atom. The lowest BCUT2D eigenvalue weighted by Gasteiger charge is -2.18. The lowest BCUT2D eigenvalue weighted by molar-refractivity contribution is -0.156. The van der Waals surface area contributed by atoms with Crippen LogP contribution < -0.4 is 0 Å². The Hall–Kier alpha value is -3.58. The van der Waals surface area contributed by atoms with Crippen LogP contribution in [0.5, 0.6) is 0 Å². The van der Waals surface area contributed by atoms with E-state index < -0.39 is 23.9 Å². The fourth-order valence-corrected chi connectivity index (χ4v) is 2.52. The molecule has 0 fully saturated rings. The Morgan fingerprint density at radius 1 is 0.933 bits per heavy atom. The highest BCUT2D eigenvalue weighted by Gasteiger charge is 2.19. The lowest BCUT2D eigenvalue weighted by atomic mass is 9.98. The van der Waals surface area contributed by atoms with Gasteiger partial charge in [-0.25, -0.2) is 14.0 Å². The van der Waals surface area contributed by atoms with Crippen molar-refractivity contribution in [2.45, 2.75) is 12.7 Å². The van der Waals surface area contributed by atoms with Crippen LogP contribution in [0.1, 0.15) is 21.5 Å². The molecule has 30 heavy (non-hydrogen) atoms. The fraction of sp³-hybridized carbons (Fsp3) is 0.174. The molecule has 0 aromatic heterocycles. The summed E-state index contributed by atoms with van der Waals surface area (Å²) in [5.74, 6) is -2.37. The Morgan fingerprint density at radius 2 is 1.63 bits per heavy atom. The van der Waals surface area contributed by atoms with Crippen molar-refractivity contribution < 1.29 is 33.0 Å². The van der Waals surface area contributed by atoms with E-state index in [2.05, 4.69) is 13.2 Å². The molecule has 2 rings (SSSR count). The number of carbonyl (C=O) groups excluding carboxylic acids is 3. The number of hydrogen-bond donors (Lipinski definition) is 0. The monoisotopic (exact) mass is 412 g/mol. The average molecular weight is 412 g/mol. The predicted molar refractivity (Wildman–Crippen MR) is 107 cm³/mol. The molecule has 0 radical (unpaired) electrons. The SMILES string of the molecule is C=CC(=O)OCC(COCc1c(F)cccc1C(=O)c1ccccc1)OC(=O)C=C. The number of esters is 2. The molecule has 0 spiro atoms. The highest BCUT2D eigenvalue weighted by atomic mass is 19.1. The van der Waals surface area contributed by atoms with Crippen LogP contribution in [0.25, 0.3) is 0 Å². The Balaban J connectivity index is 2.10. The molecule has 1 unspecified atom stereocenters. The number of hydrogen-bond acceptors (Lipinski definition) is 6. The second-order valence-electron chi connectivity index (χ2n) is 6.07. The first-order chi connectivity index (χ1) is 14.5. The Labute approximate surface area is 173 Å². The van der Waals surface area contributed by atoms with Crippen molar-refractivity contribution in [1.29, 1.82) is 0 Å². The van der Waals surface area contributed by atoms with Gasteiger partial charge in [0.15, 0.2) is 11.9 Å². The Bertz CT molecular complexity index is 923. The van der Waals surface area contributed by atoms with Gasteiger partial charge in [0, 0.05) is 28.8 Å². The molecule has 0 saturated heterocycles. The molecule has 0 amide bonds. The minimum atomic E-state index is -0.945. The van der Waals surface area contributed by atoms with E-state index in [0.717, 1.165) is 12.2 Å². The summed E-state index contributed by atoms with van der Waals surface area (Å²) in [5, 5.41) is 0. The second kappa shape index (κ2) is 11.4. The zero-order chi connectivity index (χ0) is 21.9. The van der Waals surface area contributed by atoms with Gasteiger partial charge in [0.25, 0.3) is 0 Å². The van der Waals surface area contributed by atoms with Gasteiger partial charge in [0.1, 0.15) is 12.4 Å². The van der Waals surface area contributed by atoms with Crippen molar-refractivity contribution in [2.24, 2.45) is 0 Å². The molecule has 0 bridgehead atoms. The molecule has 1 atom stereocenters. The van der Waals surface area contributed by atoms with Crippen LogP contribution in [0.3, 0.4) is 0 Å². The summed E-state index contributed by atoms with van der Waals surface area (Å²) in [4.78, 5) is 35.4. The molecule has 0 N–H and O–H groups in total. The number of rotatable bonds is 11. The highest BCUT2D eigenvalue weighted by Crippen LogP contribution is 2.19. The van der Waals surface area contributed by atoms with Gasteiger partial charge in [-0.2, -0.15) is 0 Å². The zero-order valence-electron chi connectivity index (χ0n) is 16.2. The summed E-state index contributed by atoms with van der Waals surface area (Å²) < 4.78 is 29.8. The third kappa shape index (κ3) is 6.49. The molecule has 156 valence electrons. The van der Waals surface area contributed by atoms with Crippen LogP contribution in [0.4, 0.5) is 4.39 Å². The third-order valence-corrected chi connectivity index (χ3v) is 3.98. The topological polar surface area (TPSA) is 78.9 Å². The van der Waals surface area contributed by atoms with E-state index in [1.165, 1.54) is 18.2 Å². The van der Waals surface area contributed by atoms with Crippen molar-refractivity contribution in [1.82, 2.24) is 0 Å². The minimum absolute atomic E-state index is 0.0724. The number of benzene rings is 2. The summed E-state index contributed by atoms with van der Waals surface area (Å²) in [5.41, 5.74) is 0.653. The maximum Gasteiger partial charge on any atom is 0.330 e. The molecule has 0 heterocycles. The largest absolute Gasteiger partial charge is 0.458 e. The van der Waals surface area contributed by atoms with E-state index in [1.54, 1.807) is 30.3 Å². The zero-order valence-corrected chi connectivity index (χ0v) is 16.2. The van der Waals surface area contributed by atoms with E-state index in [-0.39, 0.29) is 36.7 Å². The fourth-order valence-electron chi connectivity index (χ4n) is 2.52. The van der Waals surface area contributed by atoms with Gasteiger partial charge in [-0.05, 0) is 6.07 Å². The van der Waals surface area contributed by atoms with Gasteiger partial charge >= 0.3 is 11.9 Å². The molecule has 0 aliphatic carbocycles. The number of ether oxygens (including phenoxy) is 3. The molecule has 0 aliphatic heterocycles. The minimum Gasteiger partial charge on any atom is -0.458 e. The smallest absolute Gasteiger partial charge is 0.330 e. The van der Waals surface area contributed by atoms with Crippen molar-refractivity contribution in [3.05, 3.63) is 96.3 Å². The van der Waals surface area contributed by atoms with E-state index >= 15 is 0 Å². The molecular weight excluding hydrogens is 391 g/mol. The van der Waals surface area contributed by atoms with Crippen LogP contribution in [0.2, 0.25) is 0 Å². The molecule has 0 saturated carbocycles. The summed E-state index contributed by atoms with van der Waals surface area (Å²) in [7, 11) is 0. The van der Waals surface area contributed by atoms with Crippen molar-refractivity contribution >= 4 is 17.7 Å². The third-order valence-electron chi connectivity index (χ3n) is 3.98. The van der Waals surface area contributed by atoms with Crippen LogP contribution in [0.15, 0.2) is 73.8 Å². The molecule has 7 heteroatoms. The first-order valence-electron chi connectivity index (χ1n) is 9.03. The van der Waals surface area contributed by atoms with E-state index in [4.69, 9.17) is 14.2 Å². The van der Waals surface area contributed by atoms with Gasteiger partial charge in [-0.1, -0.05) is 55.6 Å². The van der Waals surface area contributed by atoms with Crippen molar-refractivity contribution in [2.75, 3.05) is 13.2 Å². The molecular formula is C23H21FO6. The summed E-state index contributed by atoms with van der Waals surface area (Å²) >= 11 is 0. The molecule has 6 nitrogen and oxygen atoms in total. The maximum absolute atomic E-state index is 14.4. The van der Waals surface area contributed by atoms with E-state index in [9.17, 15) is 18.8 Å². The van der Waals surface area contributed by atoms with Gasteiger partial charge in [0.05, 0.1) is 13.2 Å². The predicted octanol–water partition coefficient (Wildman–Crippen LogP) is 3.40. The summed E-state index contributed by atoms with van der Waals surface area (Å²) in [6.07, 6.45) is 0.976. The van der Waals surface area contributed by atoms with E-state index in [0.29, 0.717) is 5.56 Å². The normalized spacial score (nSPS) is 11.2. The first-order valence-corrected chi connectivity index (χ1v) is 9.03. The summed E-state index contributed by atoms with van der Waals surface area (Å²) in [6, 6.07) is 12.7. The molecule has 2 aromatic carbocycles. The lowest BCUT2D eigenvalue weighted by Crippen LogP contribution is -2.29. The average Bonchev–Trinajstić information content (AvgIpc) is 2.77. The van der Waals surface area contributed by atoms with Gasteiger partial charge in [-0.15, -0.1) is 0 Å². The molecule has 0 aliphatic rings. The van der Waals surface area contributed by atoms with E-state index in [1.807, 2.05) is 0 Å². The van der Waals surface area contributed by atoms with Crippen molar-refractivity contribution in [3.63, 3.8) is 0 Å². The standard InChI is InChI=1S/C23H21FO6/c1-3-21(25)29-14-17(30-22(26)4-2)13-28-15-19-18(11-8-12-20(19)24)23(27)16-9-6-5-7-10-16/h3-12,17H,1-2,13-15H2. The van der Waals surface area contributed by atoms with Gasteiger partial charge in [0.2, 0.25) is 0 Å². The summed E-state index contributed by atoms with van der Waals surface area (Å²) in [6.45, 7) is 5.84.